The van der Waals surface area contributed by atoms with Gasteiger partial charge in [0.05, 0.1) is 11.1 Å². The minimum absolute atomic E-state index is 0.0511. The van der Waals surface area contributed by atoms with Crippen molar-refractivity contribution in [3.05, 3.63) is 75.7 Å². The van der Waals surface area contributed by atoms with E-state index in [4.69, 9.17) is 0 Å². The zero-order valence-electron chi connectivity index (χ0n) is 16.7. The molecule has 2 heterocycles. The molecule has 2 N–H and O–H groups in total. The Morgan fingerprint density at radius 3 is 2.30 bits per heavy atom. The average Bonchev–Trinajstić information content (AvgIpc) is 3.14. The van der Waals surface area contributed by atoms with Gasteiger partial charge in [-0.2, -0.15) is 5.10 Å². The number of aromatic amines is 1. The lowest BCUT2D eigenvalue weighted by atomic mass is 9.49. The lowest BCUT2D eigenvalue weighted by Gasteiger charge is -2.57. The van der Waals surface area contributed by atoms with Gasteiger partial charge in [0.25, 0.3) is 5.56 Å². The molecule has 2 aliphatic carbocycles. The first-order valence-electron chi connectivity index (χ1n) is 10.7. The lowest BCUT2D eigenvalue weighted by molar-refractivity contribution is -0.0191. The maximum Gasteiger partial charge on any atom is 0.318 e. The molecule has 0 bridgehead atoms. The molecule has 0 saturated heterocycles. The predicted molar refractivity (Wildman–Crippen MR) is 114 cm³/mol. The summed E-state index contributed by atoms with van der Waals surface area (Å²) in [6.45, 7) is 1.40. The fourth-order valence-corrected chi connectivity index (χ4v) is 5.79. The first-order valence-corrected chi connectivity index (χ1v) is 10.7. The van der Waals surface area contributed by atoms with Crippen molar-refractivity contribution < 1.29 is 4.79 Å². The molecule has 6 nitrogen and oxygen atoms in total. The quantitative estimate of drug-likeness (QED) is 0.689. The first kappa shape index (κ1) is 17.7. The highest BCUT2D eigenvalue weighted by Gasteiger charge is 2.54. The molecule has 6 rings (SSSR count). The first-order chi connectivity index (χ1) is 14.6. The number of nitrogens with zero attached hydrogens (tertiary/aromatic N) is 2. The van der Waals surface area contributed by atoms with Gasteiger partial charge < -0.3 is 10.2 Å². The average molecular weight is 400 g/mol. The summed E-state index contributed by atoms with van der Waals surface area (Å²) in [6, 6.07) is 16.3. The van der Waals surface area contributed by atoms with Crippen LogP contribution in [0.25, 0.3) is 10.8 Å². The van der Waals surface area contributed by atoms with Crippen LogP contribution in [0.15, 0.2) is 53.3 Å². The molecular formula is C24H24N4O2. The van der Waals surface area contributed by atoms with Gasteiger partial charge in [0.15, 0.2) is 0 Å². The number of nitrogens with one attached hydrogen (secondary N) is 2. The molecular weight excluding hydrogens is 376 g/mol. The Hall–Kier alpha value is -3.15. The van der Waals surface area contributed by atoms with Gasteiger partial charge in [-0.25, -0.2) is 9.89 Å². The third kappa shape index (κ3) is 2.74. The highest BCUT2D eigenvalue weighted by molar-refractivity contribution is 5.84. The third-order valence-electron chi connectivity index (χ3n) is 7.29. The molecule has 2 amide bonds. The highest BCUT2D eigenvalue weighted by atomic mass is 16.2. The predicted octanol–water partition coefficient (Wildman–Crippen LogP) is 3.67. The molecule has 30 heavy (non-hydrogen) atoms. The summed E-state index contributed by atoms with van der Waals surface area (Å²) in [5.74, 6) is 0.386. The van der Waals surface area contributed by atoms with E-state index < -0.39 is 0 Å². The summed E-state index contributed by atoms with van der Waals surface area (Å²) >= 11 is 0. The van der Waals surface area contributed by atoms with Crippen LogP contribution in [-0.4, -0.2) is 27.2 Å². The summed E-state index contributed by atoms with van der Waals surface area (Å²) in [5.41, 5.74) is 3.72. The zero-order valence-corrected chi connectivity index (χ0v) is 16.7. The Labute approximate surface area is 174 Å². The van der Waals surface area contributed by atoms with Crippen LogP contribution in [0.1, 0.15) is 48.4 Å². The number of H-pyrrole nitrogens is 1. The van der Waals surface area contributed by atoms with Crippen LogP contribution >= 0.6 is 0 Å². The van der Waals surface area contributed by atoms with Crippen molar-refractivity contribution in [2.24, 2.45) is 5.41 Å². The van der Waals surface area contributed by atoms with Crippen LogP contribution in [0.4, 0.5) is 4.79 Å². The molecule has 2 fully saturated rings. The normalized spacial score (nSPS) is 26.9. The van der Waals surface area contributed by atoms with Gasteiger partial charge in [-0.15, -0.1) is 0 Å². The molecule has 1 aromatic heterocycles. The molecule has 1 spiro atoms. The Morgan fingerprint density at radius 2 is 1.60 bits per heavy atom. The number of carbonyl (C=O) groups excluding carboxylic acids is 1. The van der Waals surface area contributed by atoms with E-state index in [1.165, 1.54) is 11.1 Å². The van der Waals surface area contributed by atoms with Crippen LogP contribution in [0.2, 0.25) is 0 Å². The second-order valence-corrected chi connectivity index (χ2v) is 9.27. The molecule has 2 saturated carbocycles. The standard InChI is InChI=1S/C24H24N4O2/c29-22-20-8-4-3-7-19(20)21(26-27-22)17-9-24(10-17)11-18(12-24)25-23(30)28-13-15-5-1-2-6-16(15)14-28/h1-8,17-18H,9-14H2,(H,25,30)(H,27,29)/t17-,18-,24?. The van der Waals surface area contributed by atoms with Gasteiger partial charge in [0.1, 0.15) is 0 Å². The zero-order chi connectivity index (χ0) is 20.3. The van der Waals surface area contributed by atoms with Crippen LogP contribution in [-0.2, 0) is 13.1 Å². The monoisotopic (exact) mass is 400 g/mol. The molecule has 3 aromatic rings. The number of urea groups is 1. The summed E-state index contributed by atoms with van der Waals surface area (Å²) in [5, 5.41) is 12.0. The Kier molecular flexibility index (Phi) is 3.79. The summed E-state index contributed by atoms with van der Waals surface area (Å²) in [4.78, 5) is 26.6. The van der Waals surface area contributed by atoms with Gasteiger partial charge >= 0.3 is 6.03 Å². The minimum atomic E-state index is -0.126. The fraction of sp³-hybridized carbons (Fsp3) is 0.375. The van der Waals surface area contributed by atoms with Crippen molar-refractivity contribution in [1.82, 2.24) is 20.4 Å². The van der Waals surface area contributed by atoms with E-state index in [9.17, 15) is 9.59 Å². The van der Waals surface area contributed by atoms with E-state index in [1.807, 2.05) is 41.3 Å². The van der Waals surface area contributed by atoms with Gasteiger partial charge in [-0.3, -0.25) is 4.79 Å². The Morgan fingerprint density at radius 1 is 0.967 bits per heavy atom. The van der Waals surface area contributed by atoms with E-state index >= 15 is 0 Å². The molecule has 1 aliphatic heterocycles. The van der Waals surface area contributed by atoms with E-state index in [0.717, 1.165) is 36.8 Å². The van der Waals surface area contributed by atoms with Gasteiger partial charge in [0, 0.05) is 30.4 Å². The number of amides is 2. The Balaban J connectivity index is 1.06. The van der Waals surface area contributed by atoms with E-state index in [-0.39, 0.29) is 17.6 Å². The van der Waals surface area contributed by atoms with Gasteiger partial charge in [-0.05, 0) is 48.3 Å². The summed E-state index contributed by atoms with van der Waals surface area (Å²) < 4.78 is 0. The maximum absolute atomic E-state index is 12.7. The third-order valence-corrected chi connectivity index (χ3v) is 7.29. The van der Waals surface area contributed by atoms with E-state index in [2.05, 4.69) is 27.6 Å². The topological polar surface area (TPSA) is 78.1 Å². The molecule has 0 atom stereocenters. The maximum atomic E-state index is 12.7. The minimum Gasteiger partial charge on any atom is -0.335 e. The van der Waals surface area contributed by atoms with Crippen molar-refractivity contribution in [3.8, 4) is 0 Å². The van der Waals surface area contributed by atoms with Crippen molar-refractivity contribution in [1.29, 1.82) is 0 Å². The van der Waals surface area contributed by atoms with Crippen molar-refractivity contribution in [3.63, 3.8) is 0 Å². The van der Waals surface area contributed by atoms with Crippen LogP contribution in [0.5, 0.6) is 0 Å². The highest BCUT2D eigenvalue weighted by Crippen LogP contribution is 2.62. The summed E-state index contributed by atoms with van der Waals surface area (Å²) in [6.07, 6.45) is 4.24. The number of benzene rings is 2. The molecule has 3 aliphatic rings. The van der Waals surface area contributed by atoms with Crippen LogP contribution < -0.4 is 10.9 Å². The van der Waals surface area contributed by atoms with Crippen molar-refractivity contribution >= 4 is 16.8 Å². The second kappa shape index (κ2) is 6.42. The lowest BCUT2D eigenvalue weighted by Crippen LogP contribution is -2.57. The number of aromatic nitrogens is 2. The summed E-state index contributed by atoms with van der Waals surface area (Å²) in [7, 11) is 0. The number of hydrogen-bond acceptors (Lipinski definition) is 3. The SMILES string of the molecule is O=C(N[C@H]1CC2(C1)C[C@H](c1n[nH]c(=O)c3ccccc31)C2)N1Cc2ccccc2C1. The Bertz CT molecular complexity index is 1180. The van der Waals surface area contributed by atoms with Gasteiger partial charge in [-0.1, -0.05) is 42.5 Å². The van der Waals surface area contributed by atoms with E-state index in [1.54, 1.807) is 0 Å². The number of hydrogen-bond donors (Lipinski definition) is 2. The van der Waals surface area contributed by atoms with Gasteiger partial charge in [0.2, 0.25) is 0 Å². The van der Waals surface area contributed by atoms with Crippen LogP contribution in [0.3, 0.4) is 0 Å². The fourth-order valence-electron chi connectivity index (χ4n) is 5.79. The molecule has 0 radical (unpaired) electrons. The molecule has 6 heteroatoms. The second-order valence-electron chi connectivity index (χ2n) is 9.27. The van der Waals surface area contributed by atoms with Crippen molar-refractivity contribution in [2.75, 3.05) is 0 Å². The molecule has 2 aromatic carbocycles. The van der Waals surface area contributed by atoms with Crippen LogP contribution in [0, 0.1) is 5.41 Å². The molecule has 152 valence electrons. The largest absolute Gasteiger partial charge is 0.335 e. The van der Waals surface area contributed by atoms with E-state index in [0.29, 0.717) is 29.8 Å². The number of carbonyl (C=O) groups is 1. The molecule has 0 unspecified atom stereocenters. The smallest absolute Gasteiger partial charge is 0.318 e. The van der Waals surface area contributed by atoms with Crippen molar-refractivity contribution in [2.45, 2.75) is 50.7 Å². The number of rotatable bonds is 2. The number of fused-ring (bicyclic) bond motifs is 2.